The summed E-state index contributed by atoms with van der Waals surface area (Å²) in [7, 11) is 0. The molecule has 9 heteroatoms. The summed E-state index contributed by atoms with van der Waals surface area (Å²) in [5.41, 5.74) is 1.12. The first kappa shape index (κ1) is 19.3. The molecule has 2 aliphatic heterocycles. The highest BCUT2D eigenvalue weighted by Crippen LogP contribution is 2.37. The number of carbonyl (C=O) groups is 2. The molecule has 0 radical (unpaired) electrons. The van der Waals surface area contributed by atoms with Crippen molar-refractivity contribution in [1.29, 1.82) is 0 Å². The molecule has 29 heavy (non-hydrogen) atoms. The topological polar surface area (TPSA) is 80.2 Å². The van der Waals surface area contributed by atoms with Gasteiger partial charge in [-0.25, -0.2) is 9.38 Å². The van der Waals surface area contributed by atoms with Gasteiger partial charge in [-0.1, -0.05) is 11.8 Å². The van der Waals surface area contributed by atoms with Crippen molar-refractivity contribution < 1.29 is 23.5 Å². The van der Waals surface area contributed by atoms with Crippen molar-refractivity contribution in [2.45, 2.75) is 18.6 Å². The Balaban J connectivity index is 1.46. The highest BCUT2D eigenvalue weighted by molar-refractivity contribution is 8.15. The molecule has 0 aromatic heterocycles. The van der Waals surface area contributed by atoms with Crippen LogP contribution in [0.5, 0.6) is 11.5 Å². The van der Waals surface area contributed by atoms with Crippen molar-refractivity contribution in [2.75, 3.05) is 18.7 Å². The average Bonchev–Trinajstić information content (AvgIpc) is 3.28. The fourth-order valence-corrected chi connectivity index (χ4v) is 4.22. The normalized spacial score (nSPS) is 19.1. The molecule has 0 unspecified atom stereocenters. The molecular weight excluding hydrogens is 397 g/mol. The van der Waals surface area contributed by atoms with Gasteiger partial charge in [-0.3, -0.25) is 14.5 Å². The molecule has 2 aromatic rings. The van der Waals surface area contributed by atoms with Crippen molar-refractivity contribution in [3.63, 3.8) is 0 Å². The molecule has 0 saturated carbocycles. The fraction of sp³-hybridized carbons (Fsp3) is 0.250. The number of amidine groups is 1. The first-order chi connectivity index (χ1) is 14.0. The Bertz CT molecular complexity index is 980. The molecule has 1 saturated heterocycles. The zero-order chi connectivity index (χ0) is 20.4. The van der Waals surface area contributed by atoms with Crippen molar-refractivity contribution in [3.8, 4) is 11.5 Å². The number of benzene rings is 2. The smallest absolute Gasteiger partial charge is 0.242 e. The van der Waals surface area contributed by atoms with E-state index in [1.54, 1.807) is 23.1 Å². The first-order valence-corrected chi connectivity index (χ1v) is 9.93. The number of thioether (sulfide) groups is 1. The van der Waals surface area contributed by atoms with Gasteiger partial charge in [0, 0.05) is 24.7 Å². The largest absolute Gasteiger partial charge is 0.454 e. The summed E-state index contributed by atoms with van der Waals surface area (Å²) in [6.07, 6.45) is -0.00245. The predicted octanol–water partition coefficient (Wildman–Crippen LogP) is 3.53. The minimum absolute atomic E-state index is 0.00245. The zero-order valence-corrected chi connectivity index (χ0v) is 16.4. The third-order valence-electron chi connectivity index (χ3n) is 4.42. The fourth-order valence-electron chi connectivity index (χ4n) is 2.99. The van der Waals surface area contributed by atoms with Gasteiger partial charge in [0.15, 0.2) is 16.7 Å². The van der Waals surface area contributed by atoms with E-state index in [2.05, 4.69) is 10.3 Å². The highest BCUT2D eigenvalue weighted by Gasteiger charge is 2.38. The second kappa shape index (κ2) is 8.12. The van der Waals surface area contributed by atoms with Crippen LogP contribution in [0.25, 0.3) is 0 Å². The highest BCUT2D eigenvalue weighted by atomic mass is 32.2. The summed E-state index contributed by atoms with van der Waals surface area (Å²) < 4.78 is 23.6. The number of halogens is 1. The molecule has 0 bridgehead atoms. The van der Waals surface area contributed by atoms with Gasteiger partial charge < -0.3 is 14.8 Å². The molecule has 0 aliphatic carbocycles. The summed E-state index contributed by atoms with van der Waals surface area (Å²) in [5, 5.41) is 2.65. The number of hydrogen-bond donors (Lipinski definition) is 1. The van der Waals surface area contributed by atoms with E-state index in [4.69, 9.17) is 9.47 Å². The number of amides is 2. The number of fused-ring (bicyclic) bond motifs is 1. The number of rotatable bonds is 5. The molecule has 1 fully saturated rings. The van der Waals surface area contributed by atoms with Gasteiger partial charge in [-0.05, 0) is 43.3 Å². The molecule has 2 heterocycles. The second-order valence-electron chi connectivity index (χ2n) is 6.38. The Kier molecular flexibility index (Phi) is 5.39. The molecule has 0 spiro atoms. The SMILES string of the molecule is CCN1C(=O)[C@@H](CC(=O)Nc2ccc(F)cc2)SC1=Nc1ccc2c(c1)OCO2. The monoisotopic (exact) mass is 415 g/mol. The van der Waals surface area contributed by atoms with Crippen LogP contribution in [-0.4, -0.2) is 40.5 Å². The maximum atomic E-state index is 13.0. The molecule has 2 aliphatic rings. The molecule has 4 rings (SSSR count). The molecule has 2 amide bonds. The minimum Gasteiger partial charge on any atom is -0.454 e. The molecule has 1 N–H and O–H groups in total. The molecule has 2 aromatic carbocycles. The summed E-state index contributed by atoms with van der Waals surface area (Å²) in [4.78, 5) is 31.2. The lowest BCUT2D eigenvalue weighted by Gasteiger charge is -2.13. The van der Waals surface area contributed by atoms with Gasteiger partial charge in [-0.15, -0.1) is 0 Å². The number of hydrogen-bond acceptors (Lipinski definition) is 6. The third-order valence-corrected chi connectivity index (χ3v) is 5.59. The van der Waals surface area contributed by atoms with E-state index >= 15 is 0 Å². The van der Waals surface area contributed by atoms with Gasteiger partial charge >= 0.3 is 0 Å². The number of nitrogens with one attached hydrogen (secondary N) is 1. The Hall–Kier alpha value is -3.07. The molecule has 1 atom stereocenters. The predicted molar refractivity (Wildman–Crippen MR) is 108 cm³/mol. The van der Waals surface area contributed by atoms with Gasteiger partial charge in [0.1, 0.15) is 11.1 Å². The van der Waals surface area contributed by atoms with E-state index in [9.17, 15) is 14.0 Å². The number of nitrogens with zero attached hydrogens (tertiary/aromatic N) is 2. The van der Waals surface area contributed by atoms with Crippen LogP contribution in [0.15, 0.2) is 47.5 Å². The van der Waals surface area contributed by atoms with Gasteiger partial charge in [0.25, 0.3) is 0 Å². The van der Waals surface area contributed by atoms with Crippen LogP contribution < -0.4 is 14.8 Å². The number of ether oxygens (including phenoxy) is 2. The van der Waals surface area contributed by atoms with Gasteiger partial charge in [-0.2, -0.15) is 0 Å². The molecule has 7 nitrogen and oxygen atoms in total. The summed E-state index contributed by atoms with van der Waals surface area (Å²) in [6, 6.07) is 10.8. The van der Waals surface area contributed by atoms with Crippen LogP contribution in [0.3, 0.4) is 0 Å². The molecular formula is C20H18FN3O4S. The van der Waals surface area contributed by atoms with Crippen LogP contribution in [0, 0.1) is 5.82 Å². The summed E-state index contributed by atoms with van der Waals surface area (Å²) in [5.74, 6) is 0.410. The van der Waals surface area contributed by atoms with Crippen LogP contribution in [0.2, 0.25) is 0 Å². The standard InChI is InChI=1S/C20H18FN3O4S/c1-2-24-19(26)17(10-18(25)22-13-5-3-12(21)4-6-13)29-20(24)23-14-7-8-15-16(9-14)28-11-27-15/h3-9,17H,2,10-11H2,1H3,(H,22,25)/t17-/m1/s1. The van der Waals surface area contributed by atoms with E-state index in [-0.39, 0.29) is 30.8 Å². The second-order valence-corrected chi connectivity index (χ2v) is 7.55. The van der Waals surface area contributed by atoms with Gasteiger partial charge in [0.2, 0.25) is 18.6 Å². The zero-order valence-electron chi connectivity index (χ0n) is 15.6. The van der Waals surface area contributed by atoms with E-state index in [1.165, 1.54) is 36.0 Å². The van der Waals surface area contributed by atoms with E-state index in [0.717, 1.165) is 0 Å². The van der Waals surface area contributed by atoms with Crippen LogP contribution in [-0.2, 0) is 9.59 Å². The maximum Gasteiger partial charge on any atom is 0.242 e. The van der Waals surface area contributed by atoms with Gasteiger partial charge in [0.05, 0.1) is 5.69 Å². The van der Waals surface area contributed by atoms with Crippen LogP contribution >= 0.6 is 11.8 Å². The number of carbonyl (C=O) groups excluding carboxylic acids is 2. The summed E-state index contributed by atoms with van der Waals surface area (Å²) >= 11 is 1.25. The first-order valence-electron chi connectivity index (χ1n) is 9.05. The Morgan fingerprint density at radius 3 is 2.76 bits per heavy atom. The van der Waals surface area contributed by atoms with E-state index in [0.29, 0.717) is 34.6 Å². The van der Waals surface area contributed by atoms with E-state index < -0.39 is 5.25 Å². The van der Waals surface area contributed by atoms with Crippen LogP contribution in [0.1, 0.15) is 13.3 Å². The van der Waals surface area contributed by atoms with Crippen molar-refractivity contribution in [1.82, 2.24) is 4.90 Å². The Morgan fingerprint density at radius 1 is 1.24 bits per heavy atom. The Morgan fingerprint density at radius 2 is 2.00 bits per heavy atom. The quantitative estimate of drug-likeness (QED) is 0.808. The summed E-state index contributed by atoms with van der Waals surface area (Å²) in [6.45, 7) is 2.48. The third kappa shape index (κ3) is 4.19. The van der Waals surface area contributed by atoms with Crippen molar-refractivity contribution in [2.24, 2.45) is 4.99 Å². The Labute approximate surface area is 170 Å². The number of anilines is 1. The maximum absolute atomic E-state index is 13.0. The lowest BCUT2D eigenvalue weighted by molar-refractivity contribution is -0.128. The van der Waals surface area contributed by atoms with E-state index in [1.807, 2.05) is 6.92 Å². The number of aliphatic imine (C=N–C) groups is 1. The average molecular weight is 415 g/mol. The molecule has 150 valence electrons. The van der Waals surface area contributed by atoms with Crippen molar-refractivity contribution in [3.05, 3.63) is 48.3 Å². The van der Waals surface area contributed by atoms with Crippen LogP contribution in [0.4, 0.5) is 15.8 Å². The minimum atomic E-state index is -0.567. The van der Waals surface area contributed by atoms with Crippen molar-refractivity contribution >= 4 is 40.1 Å². The lowest BCUT2D eigenvalue weighted by Crippen LogP contribution is -2.33. The lowest BCUT2D eigenvalue weighted by atomic mass is 10.2.